The van der Waals surface area contributed by atoms with E-state index >= 15 is 0 Å². The molecule has 0 saturated heterocycles. The van der Waals surface area contributed by atoms with Gasteiger partial charge in [0, 0.05) is 11.8 Å². The summed E-state index contributed by atoms with van der Waals surface area (Å²) >= 11 is 0. The second kappa shape index (κ2) is 4.45. The van der Waals surface area contributed by atoms with Crippen LogP contribution in [-0.4, -0.2) is 20.3 Å². The van der Waals surface area contributed by atoms with Crippen LogP contribution in [0.25, 0.3) is 0 Å². The first-order valence-electron chi connectivity index (χ1n) is 3.86. The smallest absolute Gasteiger partial charge is 0.411 e. The summed E-state index contributed by atoms with van der Waals surface area (Å²) in [5.74, 6) is -0.415. The molecule has 1 rings (SSSR count). The van der Waals surface area contributed by atoms with E-state index in [0.717, 1.165) is 0 Å². The van der Waals surface area contributed by atoms with Crippen LogP contribution >= 0.6 is 0 Å². The van der Waals surface area contributed by atoms with E-state index in [4.69, 9.17) is 4.74 Å². The number of anilines is 1. The van der Waals surface area contributed by atoms with E-state index in [9.17, 15) is 9.18 Å². The summed E-state index contributed by atoms with van der Waals surface area (Å²) in [6.45, 7) is 0. The van der Waals surface area contributed by atoms with Crippen LogP contribution in [0, 0.1) is 5.82 Å². The first-order valence-corrected chi connectivity index (χ1v) is 3.86. The first kappa shape index (κ1) is 10.3. The maximum atomic E-state index is 12.9. The molecule has 0 heterocycles. The highest BCUT2D eigenvalue weighted by atomic mass is 19.1. The highest BCUT2D eigenvalue weighted by Crippen LogP contribution is 2.21. The molecule has 0 aliphatic carbocycles. The predicted molar refractivity (Wildman–Crippen MR) is 49.0 cm³/mol. The van der Waals surface area contributed by atoms with Crippen molar-refractivity contribution in [3.05, 3.63) is 24.0 Å². The number of ether oxygens (including phenoxy) is 2. The van der Waals surface area contributed by atoms with Gasteiger partial charge >= 0.3 is 6.09 Å². The summed E-state index contributed by atoms with van der Waals surface area (Å²) in [6, 6.07) is 3.98. The normalized spacial score (nSPS) is 9.36. The third-order valence-electron chi connectivity index (χ3n) is 1.58. The number of halogens is 1. The average Bonchev–Trinajstić information content (AvgIpc) is 2.20. The molecule has 1 aromatic carbocycles. The van der Waals surface area contributed by atoms with E-state index in [2.05, 4.69) is 10.1 Å². The van der Waals surface area contributed by atoms with Crippen LogP contribution in [-0.2, 0) is 4.74 Å². The maximum Gasteiger partial charge on any atom is 0.411 e. The Morgan fingerprint density at radius 3 is 2.71 bits per heavy atom. The van der Waals surface area contributed by atoms with Gasteiger partial charge in [-0.3, -0.25) is 5.32 Å². The quantitative estimate of drug-likeness (QED) is 0.792. The molecule has 4 nitrogen and oxygen atoms in total. The van der Waals surface area contributed by atoms with E-state index < -0.39 is 11.9 Å². The molecule has 0 aliphatic rings. The van der Waals surface area contributed by atoms with Gasteiger partial charge in [-0.2, -0.15) is 0 Å². The van der Waals surface area contributed by atoms with Crippen LogP contribution in [0.1, 0.15) is 0 Å². The van der Waals surface area contributed by atoms with Crippen LogP contribution < -0.4 is 10.1 Å². The average molecular weight is 199 g/mol. The standard InChI is InChI=1S/C9H10FNO3/c1-13-8-5-6(3-4-7(8)10)11-9(12)14-2/h3-5H,1-2H3,(H,11,12). The summed E-state index contributed by atoms with van der Waals surface area (Å²) in [7, 11) is 2.59. The Labute approximate surface area is 80.6 Å². The third-order valence-corrected chi connectivity index (χ3v) is 1.58. The van der Waals surface area contributed by atoms with Gasteiger partial charge in [0.15, 0.2) is 11.6 Å². The number of hydrogen-bond acceptors (Lipinski definition) is 3. The minimum atomic E-state index is -0.612. The fourth-order valence-corrected chi connectivity index (χ4v) is 0.906. The van der Waals surface area contributed by atoms with E-state index in [-0.39, 0.29) is 5.75 Å². The molecule has 14 heavy (non-hydrogen) atoms. The fourth-order valence-electron chi connectivity index (χ4n) is 0.906. The lowest BCUT2D eigenvalue weighted by atomic mass is 10.3. The summed E-state index contributed by atoms with van der Waals surface area (Å²) < 4.78 is 22.0. The maximum absolute atomic E-state index is 12.9. The molecule has 0 spiro atoms. The summed E-state index contributed by atoms with van der Waals surface area (Å²) in [4.78, 5) is 10.8. The molecule has 0 bridgehead atoms. The molecule has 0 saturated carbocycles. The van der Waals surface area contributed by atoms with Gasteiger partial charge in [0.2, 0.25) is 0 Å². The lowest BCUT2D eigenvalue weighted by Crippen LogP contribution is -2.10. The number of rotatable bonds is 2. The molecule has 0 aromatic heterocycles. The van der Waals surface area contributed by atoms with Crippen molar-refractivity contribution < 1.29 is 18.7 Å². The zero-order valence-corrected chi connectivity index (χ0v) is 7.83. The number of benzene rings is 1. The molecule has 1 amide bonds. The summed E-state index contributed by atoms with van der Waals surface area (Å²) in [5.41, 5.74) is 0.412. The van der Waals surface area contributed by atoms with Crippen molar-refractivity contribution in [1.82, 2.24) is 0 Å². The molecule has 0 radical (unpaired) electrons. The molecule has 0 atom stereocenters. The van der Waals surface area contributed by atoms with Gasteiger partial charge < -0.3 is 9.47 Å². The molecule has 0 fully saturated rings. The largest absolute Gasteiger partial charge is 0.494 e. The van der Waals surface area contributed by atoms with Gasteiger partial charge in [0.25, 0.3) is 0 Å². The van der Waals surface area contributed by atoms with Crippen molar-refractivity contribution in [2.45, 2.75) is 0 Å². The molecule has 1 N–H and O–H groups in total. The number of nitrogens with one attached hydrogen (secondary N) is 1. The van der Waals surface area contributed by atoms with Crippen LogP contribution in [0.4, 0.5) is 14.9 Å². The van der Waals surface area contributed by atoms with Crippen molar-refractivity contribution in [1.29, 1.82) is 0 Å². The van der Waals surface area contributed by atoms with Gasteiger partial charge in [0.1, 0.15) is 0 Å². The van der Waals surface area contributed by atoms with Gasteiger partial charge in [0.05, 0.1) is 14.2 Å². The number of amides is 1. The van der Waals surface area contributed by atoms with Crippen molar-refractivity contribution >= 4 is 11.8 Å². The lowest BCUT2D eigenvalue weighted by molar-refractivity contribution is 0.187. The zero-order valence-electron chi connectivity index (χ0n) is 7.83. The van der Waals surface area contributed by atoms with E-state index in [1.165, 1.54) is 32.4 Å². The van der Waals surface area contributed by atoms with Crippen LogP contribution in [0.2, 0.25) is 0 Å². The lowest BCUT2D eigenvalue weighted by Gasteiger charge is -2.06. The van der Waals surface area contributed by atoms with Crippen LogP contribution in [0.5, 0.6) is 5.75 Å². The van der Waals surface area contributed by atoms with Crippen molar-refractivity contribution in [3.63, 3.8) is 0 Å². The van der Waals surface area contributed by atoms with Crippen molar-refractivity contribution in [3.8, 4) is 5.75 Å². The van der Waals surface area contributed by atoms with E-state index in [1.807, 2.05) is 0 Å². The minimum absolute atomic E-state index is 0.0684. The Morgan fingerprint density at radius 2 is 2.14 bits per heavy atom. The number of methoxy groups -OCH3 is 2. The molecule has 76 valence electrons. The van der Waals surface area contributed by atoms with Gasteiger partial charge in [-0.15, -0.1) is 0 Å². The second-order valence-electron chi connectivity index (χ2n) is 2.47. The molecular weight excluding hydrogens is 189 g/mol. The van der Waals surface area contributed by atoms with Crippen LogP contribution in [0.3, 0.4) is 0 Å². The Bertz CT molecular complexity index is 341. The second-order valence-corrected chi connectivity index (χ2v) is 2.47. The summed E-state index contributed by atoms with van der Waals surface area (Å²) in [6.07, 6.45) is -0.612. The molecule has 1 aromatic rings. The monoisotopic (exact) mass is 199 g/mol. The predicted octanol–water partition coefficient (Wildman–Crippen LogP) is 2.01. The SMILES string of the molecule is COC(=O)Nc1ccc(F)c(OC)c1. The van der Waals surface area contributed by atoms with Crippen molar-refractivity contribution in [2.75, 3.05) is 19.5 Å². The first-order chi connectivity index (χ1) is 6.67. The topological polar surface area (TPSA) is 47.6 Å². The van der Waals surface area contributed by atoms with Gasteiger partial charge in [-0.1, -0.05) is 0 Å². The highest BCUT2D eigenvalue weighted by molar-refractivity contribution is 5.84. The summed E-state index contributed by atoms with van der Waals surface area (Å²) in [5, 5.41) is 2.39. The Kier molecular flexibility index (Phi) is 3.28. The number of carbonyl (C=O) groups excluding carboxylic acids is 1. The molecule has 0 aliphatic heterocycles. The minimum Gasteiger partial charge on any atom is -0.494 e. The number of hydrogen-bond donors (Lipinski definition) is 1. The van der Waals surface area contributed by atoms with Gasteiger partial charge in [-0.25, -0.2) is 9.18 Å². The van der Waals surface area contributed by atoms with E-state index in [0.29, 0.717) is 5.69 Å². The Morgan fingerprint density at radius 1 is 1.43 bits per heavy atom. The molecular formula is C9H10FNO3. The zero-order chi connectivity index (χ0) is 10.6. The highest BCUT2D eigenvalue weighted by Gasteiger charge is 2.05. The van der Waals surface area contributed by atoms with Gasteiger partial charge in [-0.05, 0) is 12.1 Å². The Hall–Kier alpha value is -1.78. The number of carbonyl (C=O) groups is 1. The molecule has 0 unspecified atom stereocenters. The van der Waals surface area contributed by atoms with Crippen LogP contribution in [0.15, 0.2) is 18.2 Å². The van der Waals surface area contributed by atoms with E-state index in [1.54, 1.807) is 0 Å². The Balaban J connectivity index is 2.84. The third kappa shape index (κ3) is 2.35. The van der Waals surface area contributed by atoms with Crippen molar-refractivity contribution in [2.24, 2.45) is 0 Å². The molecule has 5 heteroatoms. The fraction of sp³-hybridized carbons (Fsp3) is 0.222.